The number of carbonyl (C=O) groups excluding carboxylic acids is 2. The van der Waals surface area contributed by atoms with Crippen molar-refractivity contribution in [1.29, 1.82) is 0 Å². The Morgan fingerprint density at radius 2 is 1.68 bits per heavy atom. The molecule has 0 unspecified atom stereocenters. The molecule has 0 radical (unpaired) electrons. The van der Waals surface area contributed by atoms with Gasteiger partial charge in [-0.25, -0.2) is 17.2 Å². The summed E-state index contributed by atoms with van der Waals surface area (Å²) in [6.07, 6.45) is 1.55. The number of sulfonamides is 1. The minimum absolute atomic E-state index is 0.0383. The summed E-state index contributed by atoms with van der Waals surface area (Å²) in [5, 5.41) is 2.83. The van der Waals surface area contributed by atoms with Gasteiger partial charge in [0, 0.05) is 23.1 Å². The summed E-state index contributed by atoms with van der Waals surface area (Å²) < 4.78 is 53.5. The van der Waals surface area contributed by atoms with Crippen LogP contribution in [0.4, 0.5) is 14.5 Å². The molecule has 11 heteroatoms. The van der Waals surface area contributed by atoms with Crippen LogP contribution in [0.5, 0.6) is 0 Å². The fourth-order valence-corrected chi connectivity index (χ4v) is 4.19. The minimum atomic E-state index is -4.03. The number of carbonyl (C=O) groups is 2. The van der Waals surface area contributed by atoms with Crippen LogP contribution >= 0.6 is 15.9 Å². The monoisotopic (exact) mass is 559 g/mol. The van der Waals surface area contributed by atoms with E-state index in [1.807, 2.05) is 13.8 Å². The Bertz CT molecular complexity index is 1130. The van der Waals surface area contributed by atoms with Crippen molar-refractivity contribution in [1.82, 2.24) is 10.2 Å². The van der Waals surface area contributed by atoms with Crippen LogP contribution in [0, 0.1) is 11.6 Å². The molecule has 0 aliphatic carbocycles. The molecule has 0 aliphatic heterocycles. The first kappa shape index (κ1) is 27.7. The highest BCUT2D eigenvalue weighted by molar-refractivity contribution is 9.10. The van der Waals surface area contributed by atoms with Crippen molar-refractivity contribution in [3.63, 3.8) is 0 Å². The molecule has 2 rings (SSSR count). The quantitative estimate of drug-likeness (QED) is 0.479. The number of amides is 2. The van der Waals surface area contributed by atoms with Crippen molar-refractivity contribution in [2.45, 2.75) is 45.8 Å². The van der Waals surface area contributed by atoms with E-state index in [1.165, 1.54) is 4.90 Å². The Morgan fingerprint density at radius 1 is 1.06 bits per heavy atom. The Labute approximate surface area is 207 Å². The molecule has 0 bridgehead atoms. The van der Waals surface area contributed by atoms with Crippen molar-refractivity contribution in [3.05, 3.63) is 64.1 Å². The van der Waals surface area contributed by atoms with Crippen molar-refractivity contribution >= 4 is 43.5 Å². The van der Waals surface area contributed by atoms with Crippen LogP contribution in [0.2, 0.25) is 0 Å². The van der Waals surface area contributed by atoms with Crippen molar-refractivity contribution < 1.29 is 26.8 Å². The van der Waals surface area contributed by atoms with E-state index in [0.29, 0.717) is 16.8 Å². The van der Waals surface area contributed by atoms with Gasteiger partial charge in [-0.15, -0.1) is 0 Å². The van der Waals surface area contributed by atoms with Gasteiger partial charge in [0.2, 0.25) is 21.8 Å². The predicted octanol–water partition coefficient (Wildman–Crippen LogP) is 3.83. The van der Waals surface area contributed by atoms with Crippen LogP contribution in [-0.4, -0.2) is 50.0 Å². The summed E-state index contributed by atoms with van der Waals surface area (Å²) in [7, 11) is -4.03. The van der Waals surface area contributed by atoms with E-state index >= 15 is 0 Å². The van der Waals surface area contributed by atoms with Gasteiger partial charge in [-0.3, -0.25) is 13.9 Å². The van der Waals surface area contributed by atoms with Crippen molar-refractivity contribution in [2.75, 3.05) is 17.1 Å². The standard InChI is InChI=1S/C23H28BrF2N3O4S/c1-5-15(2)27-23(31)16(3)28(13-17-6-8-18(24)9-7-17)22(30)14-29(34(4,32)33)19-10-11-20(25)21(26)12-19/h6-12,15-16H,5,13-14H2,1-4H3,(H,27,31)/t15-,16-/m1/s1. The maximum atomic E-state index is 13.8. The molecular weight excluding hydrogens is 532 g/mol. The average molecular weight is 560 g/mol. The number of anilines is 1. The van der Waals surface area contributed by atoms with Crippen molar-refractivity contribution in [3.8, 4) is 0 Å². The van der Waals surface area contributed by atoms with Crippen LogP contribution in [0.1, 0.15) is 32.8 Å². The molecule has 2 atom stereocenters. The van der Waals surface area contributed by atoms with E-state index in [1.54, 1.807) is 31.2 Å². The Hall–Kier alpha value is -2.53. The van der Waals surface area contributed by atoms with Gasteiger partial charge in [0.05, 0.1) is 11.9 Å². The second-order valence-electron chi connectivity index (χ2n) is 8.01. The van der Waals surface area contributed by atoms with Crippen LogP contribution in [0.3, 0.4) is 0 Å². The number of hydrogen-bond donors (Lipinski definition) is 1. The number of rotatable bonds is 10. The third kappa shape index (κ3) is 7.49. The molecule has 0 saturated carbocycles. The van der Waals surface area contributed by atoms with Gasteiger partial charge in [-0.2, -0.15) is 0 Å². The summed E-state index contributed by atoms with van der Waals surface area (Å²) in [6.45, 7) is 4.64. The smallest absolute Gasteiger partial charge is 0.244 e. The summed E-state index contributed by atoms with van der Waals surface area (Å²) in [4.78, 5) is 27.4. The third-order valence-electron chi connectivity index (χ3n) is 5.30. The SMILES string of the molecule is CC[C@@H](C)NC(=O)[C@@H](C)N(Cc1ccc(Br)cc1)C(=O)CN(c1ccc(F)c(F)c1)S(C)(=O)=O. The predicted molar refractivity (Wildman–Crippen MR) is 131 cm³/mol. The molecule has 7 nitrogen and oxygen atoms in total. The summed E-state index contributed by atoms with van der Waals surface area (Å²) in [6, 6.07) is 8.64. The summed E-state index contributed by atoms with van der Waals surface area (Å²) >= 11 is 3.34. The Balaban J connectivity index is 2.39. The van der Waals surface area contributed by atoms with Gasteiger partial charge in [-0.1, -0.05) is 35.0 Å². The summed E-state index contributed by atoms with van der Waals surface area (Å²) in [5.74, 6) is -3.45. The zero-order valence-corrected chi connectivity index (χ0v) is 21.8. The lowest BCUT2D eigenvalue weighted by Gasteiger charge is -2.32. The molecule has 0 aromatic heterocycles. The molecule has 0 spiro atoms. The molecule has 2 aromatic carbocycles. The molecule has 0 fully saturated rings. The molecule has 0 saturated heterocycles. The highest BCUT2D eigenvalue weighted by Crippen LogP contribution is 2.22. The lowest BCUT2D eigenvalue weighted by atomic mass is 10.1. The van der Waals surface area contributed by atoms with Crippen LogP contribution < -0.4 is 9.62 Å². The molecule has 0 heterocycles. The van der Waals surface area contributed by atoms with E-state index in [-0.39, 0.29) is 18.3 Å². The number of halogens is 3. The fraction of sp³-hybridized carbons (Fsp3) is 0.391. The fourth-order valence-electron chi connectivity index (χ4n) is 3.09. The maximum Gasteiger partial charge on any atom is 0.244 e. The number of nitrogens with one attached hydrogen (secondary N) is 1. The lowest BCUT2D eigenvalue weighted by Crippen LogP contribution is -2.52. The zero-order chi connectivity index (χ0) is 25.6. The van der Waals surface area contributed by atoms with E-state index in [2.05, 4.69) is 21.2 Å². The molecule has 186 valence electrons. The van der Waals surface area contributed by atoms with Gasteiger partial charge in [0.1, 0.15) is 12.6 Å². The lowest BCUT2D eigenvalue weighted by molar-refractivity contribution is -0.139. The van der Waals surface area contributed by atoms with Crippen LogP contribution in [0.15, 0.2) is 46.9 Å². The number of hydrogen-bond acceptors (Lipinski definition) is 4. The van der Waals surface area contributed by atoms with Gasteiger partial charge >= 0.3 is 0 Å². The zero-order valence-electron chi connectivity index (χ0n) is 19.4. The maximum absolute atomic E-state index is 13.8. The Kier molecular flexibility index (Phi) is 9.57. The number of benzene rings is 2. The van der Waals surface area contributed by atoms with Crippen molar-refractivity contribution in [2.24, 2.45) is 0 Å². The van der Waals surface area contributed by atoms with E-state index < -0.39 is 46.1 Å². The second-order valence-corrected chi connectivity index (χ2v) is 10.8. The number of nitrogens with zero attached hydrogens (tertiary/aromatic N) is 2. The van der Waals surface area contributed by atoms with E-state index in [4.69, 9.17) is 0 Å². The molecular formula is C23H28BrF2N3O4S. The Morgan fingerprint density at radius 3 is 2.21 bits per heavy atom. The van der Waals surface area contributed by atoms with Gasteiger partial charge in [0.25, 0.3) is 0 Å². The van der Waals surface area contributed by atoms with E-state index in [9.17, 15) is 26.8 Å². The van der Waals surface area contributed by atoms with Crippen LogP contribution in [-0.2, 0) is 26.2 Å². The highest BCUT2D eigenvalue weighted by atomic mass is 79.9. The van der Waals surface area contributed by atoms with Gasteiger partial charge in [-0.05, 0) is 50.1 Å². The largest absolute Gasteiger partial charge is 0.352 e. The van der Waals surface area contributed by atoms with E-state index in [0.717, 1.165) is 28.4 Å². The average Bonchev–Trinajstić information content (AvgIpc) is 2.77. The second kappa shape index (κ2) is 11.7. The topological polar surface area (TPSA) is 86.8 Å². The van der Waals surface area contributed by atoms with Gasteiger partial charge < -0.3 is 10.2 Å². The van der Waals surface area contributed by atoms with Gasteiger partial charge in [0.15, 0.2) is 11.6 Å². The first-order valence-electron chi connectivity index (χ1n) is 10.6. The molecule has 34 heavy (non-hydrogen) atoms. The molecule has 2 amide bonds. The highest BCUT2D eigenvalue weighted by Gasteiger charge is 2.30. The van der Waals surface area contributed by atoms with Crippen LogP contribution in [0.25, 0.3) is 0 Å². The first-order chi connectivity index (χ1) is 15.8. The first-order valence-corrected chi connectivity index (χ1v) is 13.2. The minimum Gasteiger partial charge on any atom is -0.352 e. The summed E-state index contributed by atoms with van der Waals surface area (Å²) in [5.41, 5.74) is 0.522. The molecule has 1 N–H and O–H groups in total. The molecule has 2 aromatic rings. The normalized spacial score (nSPS) is 13.1. The molecule has 0 aliphatic rings. The third-order valence-corrected chi connectivity index (χ3v) is 6.97.